The number of nitrogens with zero attached hydrogens (tertiary/aromatic N) is 1. The number of aliphatic hydroxyl groups is 1. The molecule has 6 nitrogen and oxygen atoms in total. The Kier molecular flexibility index (Phi) is 8.02. The van der Waals surface area contributed by atoms with Gasteiger partial charge in [-0.05, 0) is 74.1 Å². The van der Waals surface area contributed by atoms with Crippen molar-refractivity contribution in [2.24, 2.45) is 5.92 Å². The zero-order valence-corrected chi connectivity index (χ0v) is 21.8. The minimum Gasteiger partial charge on any atom is -0.507 e. The van der Waals surface area contributed by atoms with E-state index in [9.17, 15) is 14.7 Å². The summed E-state index contributed by atoms with van der Waals surface area (Å²) in [6, 6.07) is 12.2. The Morgan fingerprint density at radius 3 is 2.33 bits per heavy atom. The fourth-order valence-electron chi connectivity index (χ4n) is 5.20. The minimum absolute atomic E-state index is 0.0226. The lowest BCUT2D eigenvalue weighted by Crippen LogP contribution is -2.40. The Balaban J connectivity index is 1.77. The van der Waals surface area contributed by atoms with Crippen molar-refractivity contribution in [3.63, 3.8) is 0 Å². The molecular weight excluding hydrogens is 454 g/mol. The van der Waals surface area contributed by atoms with Gasteiger partial charge in [-0.25, -0.2) is 0 Å². The first-order valence-electron chi connectivity index (χ1n) is 13.1. The Morgan fingerprint density at radius 2 is 1.72 bits per heavy atom. The standard InChI is InChI=1S/C30H37NO5/c1-5-35-24-14-11-21(12-15-24)27-26(29(33)30(34)31(27)23-9-7-6-8-10-23)28(32)22-13-16-25(20(4)17-22)36-18-19(2)3/h11-17,19,23,27,32H,5-10,18H2,1-4H3/b28-26-. The summed E-state index contributed by atoms with van der Waals surface area (Å²) in [5.41, 5.74) is 2.30. The molecule has 1 aliphatic heterocycles. The second kappa shape index (κ2) is 11.2. The number of carbonyl (C=O) groups is 2. The van der Waals surface area contributed by atoms with Crippen molar-refractivity contribution in [3.8, 4) is 11.5 Å². The van der Waals surface area contributed by atoms with Crippen molar-refractivity contribution >= 4 is 17.4 Å². The fourth-order valence-corrected chi connectivity index (χ4v) is 5.20. The number of carbonyl (C=O) groups excluding carboxylic acids is 2. The van der Waals surface area contributed by atoms with Crippen LogP contribution in [0.4, 0.5) is 0 Å². The normalized spacial score (nSPS) is 20.2. The molecule has 4 rings (SSSR count). The number of Topliss-reactive ketones (excluding diaryl/α,β-unsaturated/α-hetero) is 1. The number of benzene rings is 2. The van der Waals surface area contributed by atoms with Gasteiger partial charge >= 0.3 is 0 Å². The molecule has 1 aliphatic carbocycles. The van der Waals surface area contributed by atoms with Crippen LogP contribution >= 0.6 is 0 Å². The summed E-state index contributed by atoms with van der Waals surface area (Å²) in [4.78, 5) is 28.5. The highest BCUT2D eigenvalue weighted by Crippen LogP contribution is 2.43. The van der Waals surface area contributed by atoms with Gasteiger partial charge in [0.15, 0.2) is 0 Å². The maximum Gasteiger partial charge on any atom is 0.295 e. The fraction of sp³-hybridized carbons (Fsp3) is 0.467. The number of ether oxygens (including phenoxy) is 2. The average Bonchev–Trinajstić information content (AvgIpc) is 3.14. The number of hydrogen-bond donors (Lipinski definition) is 1. The Morgan fingerprint density at radius 1 is 1.03 bits per heavy atom. The van der Waals surface area contributed by atoms with Gasteiger partial charge in [0.05, 0.1) is 24.8 Å². The van der Waals surface area contributed by atoms with E-state index in [2.05, 4.69) is 13.8 Å². The highest BCUT2D eigenvalue weighted by molar-refractivity contribution is 6.46. The number of aliphatic hydroxyl groups excluding tert-OH is 1. The minimum atomic E-state index is -0.638. The average molecular weight is 492 g/mol. The van der Waals surface area contributed by atoms with Gasteiger partial charge in [0.25, 0.3) is 11.7 Å². The summed E-state index contributed by atoms with van der Waals surface area (Å²) in [5, 5.41) is 11.4. The van der Waals surface area contributed by atoms with E-state index in [4.69, 9.17) is 9.47 Å². The van der Waals surface area contributed by atoms with Crippen LogP contribution in [0.15, 0.2) is 48.0 Å². The third kappa shape index (κ3) is 5.28. The first kappa shape index (κ1) is 25.8. The van der Waals surface area contributed by atoms with E-state index in [0.29, 0.717) is 24.7 Å². The summed E-state index contributed by atoms with van der Waals surface area (Å²) in [7, 11) is 0. The molecular formula is C30H37NO5. The van der Waals surface area contributed by atoms with E-state index in [1.165, 1.54) is 0 Å². The molecule has 0 aromatic heterocycles. The second-order valence-electron chi connectivity index (χ2n) is 10.2. The van der Waals surface area contributed by atoms with Gasteiger partial charge in [-0.3, -0.25) is 9.59 Å². The van der Waals surface area contributed by atoms with Crippen LogP contribution in [-0.2, 0) is 9.59 Å². The van der Waals surface area contributed by atoms with E-state index < -0.39 is 17.7 Å². The molecule has 1 N–H and O–H groups in total. The zero-order valence-electron chi connectivity index (χ0n) is 21.8. The topological polar surface area (TPSA) is 76.1 Å². The Bertz CT molecular complexity index is 1130. The number of rotatable bonds is 8. The SMILES string of the molecule is CCOc1ccc(C2/C(=C(/O)c3ccc(OCC(C)C)c(C)c3)C(=O)C(=O)N2C2CCCCC2)cc1. The lowest BCUT2D eigenvalue weighted by atomic mass is 9.91. The van der Waals surface area contributed by atoms with E-state index in [0.717, 1.165) is 54.7 Å². The van der Waals surface area contributed by atoms with E-state index in [-0.39, 0.29) is 17.4 Å². The van der Waals surface area contributed by atoms with Crippen molar-refractivity contribution in [3.05, 3.63) is 64.7 Å². The number of likely N-dealkylation sites (tertiary alicyclic amines) is 1. The molecule has 36 heavy (non-hydrogen) atoms. The van der Waals surface area contributed by atoms with Gasteiger partial charge in [0.2, 0.25) is 0 Å². The first-order chi connectivity index (χ1) is 17.3. The number of hydrogen-bond acceptors (Lipinski definition) is 5. The summed E-state index contributed by atoms with van der Waals surface area (Å²) >= 11 is 0. The van der Waals surface area contributed by atoms with E-state index in [1.807, 2.05) is 50.2 Å². The summed E-state index contributed by atoms with van der Waals surface area (Å²) in [6.45, 7) is 9.15. The van der Waals surface area contributed by atoms with Crippen molar-refractivity contribution in [2.75, 3.05) is 13.2 Å². The van der Waals surface area contributed by atoms with Gasteiger partial charge < -0.3 is 19.5 Å². The van der Waals surface area contributed by atoms with Gasteiger partial charge in [-0.1, -0.05) is 45.2 Å². The largest absolute Gasteiger partial charge is 0.507 e. The highest BCUT2D eigenvalue weighted by atomic mass is 16.5. The summed E-state index contributed by atoms with van der Waals surface area (Å²) in [5.74, 6) is 0.548. The third-order valence-corrected chi connectivity index (χ3v) is 6.98. The molecule has 6 heteroatoms. The van der Waals surface area contributed by atoms with Crippen LogP contribution in [0.5, 0.6) is 11.5 Å². The molecule has 2 fully saturated rings. The molecule has 1 saturated heterocycles. The highest BCUT2D eigenvalue weighted by Gasteiger charge is 2.48. The van der Waals surface area contributed by atoms with Crippen LogP contribution in [-0.4, -0.2) is 41.0 Å². The molecule has 1 heterocycles. The van der Waals surface area contributed by atoms with Crippen molar-refractivity contribution in [1.82, 2.24) is 4.90 Å². The smallest absolute Gasteiger partial charge is 0.295 e. The van der Waals surface area contributed by atoms with Crippen LogP contribution in [0.25, 0.3) is 5.76 Å². The predicted molar refractivity (Wildman–Crippen MR) is 140 cm³/mol. The molecule has 1 saturated carbocycles. The predicted octanol–water partition coefficient (Wildman–Crippen LogP) is 6.18. The molecule has 1 amide bonds. The Hall–Kier alpha value is -3.28. The zero-order chi connectivity index (χ0) is 25.8. The molecule has 0 radical (unpaired) electrons. The van der Waals surface area contributed by atoms with Crippen LogP contribution in [0.2, 0.25) is 0 Å². The van der Waals surface area contributed by atoms with Gasteiger partial charge in [0.1, 0.15) is 17.3 Å². The lowest BCUT2D eigenvalue weighted by molar-refractivity contribution is -0.141. The van der Waals surface area contributed by atoms with Crippen molar-refractivity contribution in [2.45, 2.75) is 71.9 Å². The van der Waals surface area contributed by atoms with Gasteiger partial charge in [-0.2, -0.15) is 0 Å². The maximum absolute atomic E-state index is 13.4. The van der Waals surface area contributed by atoms with Crippen LogP contribution in [0, 0.1) is 12.8 Å². The Labute approximate surface area is 213 Å². The number of amides is 1. The molecule has 1 unspecified atom stereocenters. The summed E-state index contributed by atoms with van der Waals surface area (Å²) in [6.07, 6.45) is 4.92. The number of ketones is 1. The van der Waals surface area contributed by atoms with Crippen LogP contribution < -0.4 is 9.47 Å². The molecule has 192 valence electrons. The molecule has 1 atom stereocenters. The van der Waals surface area contributed by atoms with Gasteiger partial charge in [0, 0.05) is 11.6 Å². The third-order valence-electron chi connectivity index (χ3n) is 6.98. The van der Waals surface area contributed by atoms with Crippen LogP contribution in [0.3, 0.4) is 0 Å². The maximum atomic E-state index is 13.4. The van der Waals surface area contributed by atoms with Gasteiger partial charge in [-0.15, -0.1) is 0 Å². The van der Waals surface area contributed by atoms with Crippen LogP contribution in [0.1, 0.15) is 75.6 Å². The molecule has 0 bridgehead atoms. The monoisotopic (exact) mass is 491 g/mol. The first-order valence-corrected chi connectivity index (χ1v) is 13.1. The quantitative estimate of drug-likeness (QED) is 0.271. The molecule has 0 spiro atoms. The molecule has 2 aliphatic rings. The van der Waals surface area contributed by atoms with E-state index in [1.54, 1.807) is 11.0 Å². The number of aryl methyl sites for hydroxylation is 1. The second-order valence-corrected chi connectivity index (χ2v) is 10.2. The lowest BCUT2D eigenvalue weighted by Gasteiger charge is -2.35. The van der Waals surface area contributed by atoms with Crippen molar-refractivity contribution in [1.29, 1.82) is 0 Å². The molecule has 2 aromatic rings. The van der Waals surface area contributed by atoms with Crippen molar-refractivity contribution < 1.29 is 24.2 Å². The van der Waals surface area contributed by atoms with E-state index >= 15 is 0 Å². The molecule has 2 aromatic carbocycles. The summed E-state index contributed by atoms with van der Waals surface area (Å²) < 4.78 is 11.5.